The third-order valence-corrected chi connectivity index (χ3v) is 4.82. The van der Waals surface area contributed by atoms with Gasteiger partial charge in [-0.05, 0) is 73.0 Å². The van der Waals surface area contributed by atoms with Gasteiger partial charge in [-0.25, -0.2) is 4.98 Å². The summed E-state index contributed by atoms with van der Waals surface area (Å²) < 4.78 is 10.9. The van der Waals surface area contributed by atoms with Crippen LogP contribution >= 0.6 is 0 Å². The molecule has 0 saturated heterocycles. The predicted octanol–water partition coefficient (Wildman–Crippen LogP) is 4.43. The van der Waals surface area contributed by atoms with E-state index in [1.54, 1.807) is 80.0 Å². The first-order valence-corrected chi connectivity index (χ1v) is 10.3. The van der Waals surface area contributed by atoms with E-state index in [2.05, 4.69) is 15.6 Å². The van der Waals surface area contributed by atoms with E-state index in [0.29, 0.717) is 28.8 Å². The van der Waals surface area contributed by atoms with E-state index in [0.717, 1.165) is 18.4 Å². The van der Waals surface area contributed by atoms with Crippen molar-refractivity contribution in [1.82, 2.24) is 10.3 Å². The van der Waals surface area contributed by atoms with Gasteiger partial charge >= 0.3 is 0 Å². The van der Waals surface area contributed by atoms with Crippen molar-refractivity contribution in [3.8, 4) is 17.4 Å². The molecule has 1 aliphatic carbocycles. The van der Waals surface area contributed by atoms with E-state index >= 15 is 0 Å². The Morgan fingerprint density at radius 2 is 1.72 bits per heavy atom. The fraction of sp³-hybridized carbons (Fsp3) is 0.160. The average molecular weight is 429 g/mol. The topological polar surface area (TPSA) is 89.6 Å². The minimum absolute atomic E-state index is 0.0678. The van der Waals surface area contributed by atoms with Crippen molar-refractivity contribution in [2.75, 3.05) is 12.4 Å². The number of aromatic nitrogens is 1. The van der Waals surface area contributed by atoms with Gasteiger partial charge in [0.05, 0.1) is 7.11 Å². The van der Waals surface area contributed by atoms with E-state index in [-0.39, 0.29) is 17.7 Å². The molecule has 1 aliphatic rings. The van der Waals surface area contributed by atoms with Crippen LogP contribution in [0.2, 0.25) is 0 Å². The van der Waals surface area contributed by atoms with Crippen molar-refractivity contribution < 1.29 is 19.1 Å². The summed E-state index contributed by atoms with van der Waals surface area (Å²) in [6, 6.07) is 17.9. The zero-order valence-electron chi connectivity index (χ0n) is 17.6. The molecule has 4 rings (SSSR count). The number of nitrogens with zero attached hydrogens (tertiary/aromatic N) is 1. The van der Waals surface area contributed by atoms with Crippen LogP contribution in [0.4, 0.5) is 5.69 Å². The molecule has 0 spiro atoms. The van der Waals surface area contributed by atoms with Crippen molar-refractivity contribution in [3.63, 3.8) is 0 Å². The third kappa shape index (κ3) is 5.72. The summed E-state index contributed by atoms with van der Waals surface area (Å²) in [5.41, 5.74) is 1.86. The molecule has 7 nitrogen and oxygen atoms in total. The highest BCUT2D eigenvalue weighted by Crippen LogP contribution is 2.28. The summed E-state index contributed by atoms with van der Waals surface area (Å²) >= 11 is 0. The SMILES string of the molecule is COc1ccc(Oc2ncccc2NC(=O)/C=C/c2ccc(C(=O)NC3CC3)cc2)cc1. The zero-order chi connectivity index (χ0) is 22.3. The standard InChI is InChI=1S/C25H23N3O4/c1-31-20-11-13-21(14-12-20)32-25-22(3-2-16-26-25)28-23(29)15-6-17-4-7-18(8-5-17)24(30)27-19-9-10-19/h2-8,11-16,19H,9-10H2,1H3,(H,27,30)(H,28,29)/b15-6+. The molecule has 0 aliphatic heterocycles. The summed E-state index contributed by atoms with van der Waals surface area (Å²) in [6.45, 7) is 0. The van der Waals surface area contributed by atoms with E-state index in [1.807, 2.05) is 0 Å². The van der Waals surface area contributed by atoms with Gasteiger partial charge in [-0.1, -0.05) is 12.1 Å². The van der Waals surface area contributed by atoms with Gasteiger partial charge in [0.2, 0.25) is 11.8 Å². The molecule has 3 aromatic rings. The highest BCUT2D eigenvalue weighted by molar-refractivity contribution is 6.02. The number of hydrogen-bond acceptors (Lipinski definition) is 5. The molecule has 0 radical (unpaired) electrons. The van der Waals surface area contributed by atoms with Crippen LogP contribution in [0.3, 0.4) is 0 Å². The van der Waals surface area contributed by atoms with Crippen molar-refractivity contribution >= 4 is 23.6 Å². The number of methoxy groups -OCH3 is 1. The second-order valence-electron chi connectivity index (χ2n) is 7.33. The van der Waals surface area contributed by atoms with Crippen LogP contribution in [0.15, 0.2) is 72.9 Å². The number of pyridine rings is 1. The first kappa shape index (κ1) is 21.1. The summed E-state index contributed by atoms with van der Waals surface area (Å²) in [4.78, 5) is 28.7. The molecule has 2 aromatic carbocycles. The van der Waals surface area contributed by atoms with Crippen LogP contribution in [0.1, 0.15) is 28.8 Å². The molecule has 1 fully saturated rings. The maximum Gasteiger partial charge on any atom is 0.251 e. The van der Waals surface area contributed by atoms with Crippen molar-refractivity contribution in [1.29, 1.82) is 0 Å². The van der Waals surface area contributed by atoms with E-state index in [1.165, 1.54) is 6.08 Å². The predicted molar refractivity (Wildman–Crippen MR) is 122 cm³/mol. The lowest BCUT2D eigenvalue weighted by atomic mass is 10.1. The number of hydrogen-bond donors (Lipinski definition) is 2. The monoisotopic (exact) mass is 429 g/mol. The van der Waals surface area contributed by atoms with Gasteiger partial charge in [0.15, 0.2) is 0 Å². The van der Waals surface area contributed by atoms with E-state index < -0.39 is 0 Å². The van der Waals surface area contributed by atoms with Crippen LogP contribution in [0.25, 0.3) is 6.08 Å². The number of carbonyl (C=O) groups excluding carboxylic acids is 2. The van der Waals surface area contributed by atoms with Gasteiger partial charge in [0.25, 0.3) is 5.91 Å². The second kappa shape index (κ2) is 9.78. The van der Waals surface area contributed by atoms with Gasteiger partial charge < -0.3 is 20.1 Å². The van der Waals surface area contributed by atoms with Gasteiger partial charge in [-0.2, -0.15) is 0 Å². The molecular formula is C25H23N3O4. The Morgan fingerprint density at radius 1 is 1.00 bits per heavy atom. The van der Waals surface area contributed by atoms with Gasteiger partial charge in [-0.15, -0.1) is 0 Å². The Bertz CT molecular complexity index is 1120. The Morgan fingerprint density at radius 3 is 2.41 bits per heavy atom. The van der Waals surface area contributed by atoms with Crippen molar-refractivity contribution in [2.45, 2.75) is 18.9 Å². The van der Waals surface area contributed by atoms with Gasteiger partial charge in [0.1, 0.15) is 17.2 Å². The molecule has 7 heteroatoms. The Labute approximate surface area is 186 Å². The summed E-state index contributed by atoms with van der Waals surface area (Å²) in [7, 11) is 1.59. The smallest absolute Gasteiger partial charge is 0.251 e. The maximum absolute atomic E-state index is 12.4. The first-order chi connectivity index (χ1) is 15.6. The van der Waals surface area contributed by atoms with Crippen molar-refractivity contribution in [2.24, 2.45) is 0 Å². The maximum atomic E-state index is 12.4. The minimum Gasteiger partial charge on any atom is -0.497 e. The van der Waals surface area contributed by atoms with E-state index in [9.17, 15) is 9.59 Å². The number of amides is 2. The van der Waals surface area contributed by atoms with Gasteiger partial charge in [0, 0.05) is 23.9 Å². The summed E-state index contributed by atoms with van der Waals surface area (Å²) in [5.74, 6) is 1.18. The van der Waals surface area contributed by atoms with Crippen LogP contribution in [0.5, 0.6) is 17.4 Å². The summed E-state index contributed by atoms with van der Waals surface area (Å²) in [6.07, 6.45) is 6.78. The lowest BCUT2D eigenvalue weighted by Crippen LogP contribution is -2.25. The normalized spacial score (nSPS) is 12.9. The lowest BCUT2D eigenvalue weighted by Gasteiger charge is -2.10. The molecule has 0 unspecified atom stereocenters. The highest BCUT2D eigenvalue weighted by Gasteiger charge is 2.23. The first-order valence-electron chi connectivity index (χ1n) is 10.3. The summed E-state index contributed by atoms with van der Waals surface area (Å²) in [5, 5.41) is 5.73. The van der Waals surface area contributed by atoms with E-state index in [4.69, 9.17) is 9.47 Å². The Hall–Kier alpha value is -4.13. The minimum atomic E-state index is -0.326. The number of anilines is 1. The largest absolute Gasteiger partial charge is 0.497 e. The van der Waals surface area contributed by atoms with Crippen LogP contribution in [-0.2, 0) is 4.79 Å². The third-order valence-electron chi connectivity index (χ3n) is 4.82. The fourth-order valence-corrected chi connectivity index (χ4v) is 2.91. The fourth-order valence-electron chi connectivity index (χ4n) is 2.91. The highest BCUT2D eigenvalue weighted by atomic mass is 16.5. The number of benzene rings is 2. The molecule has 1 aromatic heterocycles. The molecule has 1 saturated carbocycles. The molecule has 0 atom stereocenters. The van der Waals surface area contributed by atoms with Crippen molar-refractivity contribution in [3.05, 3.63) is 84.1 Å². The van der Waals surface area contributed by atoms with Crippen LogP contribution < -0.4 is 20.1 Å². The number of ether oxygens (including phenoxy) is 2. The molecule has 1 heterocycles. The van der Waals surface area contributed by atoms with Gasteiger partial charge in [-0.3, -0.25) is 9.59 Å². The van der Waals surface area contributed by atoms with Crippen LogP contribution in [-0.4, -0.2) is 29.9 Å². The lowest BCUT2D eigenvalue weighted by molar-refractivity contribution is -0.111. The molecule has 162 valence electrons. The second-order valence-corrected chi connectivity index (χ2v) is 7.33. The Balaban J connectivity index is 1.37. The quantitative estimate of drug-likeness (QED) is 0.517. The zero-order valence-corrected chi connectivity index (χ0v) is 17.6. The molecule has 2 N–H and O–H groups in total. The number of nitrogens with one attached hydrogen (secondary N) is 2. The number of rotatable bonds is 8. The molecular weight excluding hydrogens is 406 g/mol. The Kier molecular flexibility index (Phi) is 6.46. The molecule has 2 amide bonds. The average Bonchev–Trinajstić information content (AvgIpc) is 3.64. The molecule has 0 bridgehead atoms. The molecule has 32 heavy (non-hydrogen) atoms. The van der Waals surface area contributed by atoms with Crippen LogP contribution in [0, 0.1) is 0 Å². The number of carbonyl (C=O) groups is 2.